The van der Waals surface area contributed by atoms with Gasteiger partial charge in [-0.1, -0.05) is 24.1 Å². The van der Waals surface area contributed by atoms with Crippen LogP contribution in [0.25, 0.3) is 11.1 Å². The minimum atomic E-state index is -1.15. The number of hydrogen-bond donors (Lipinski definition) is 2. The van der Waals surface area contributed by atoms with Gasteiger partial charge in [0.1, 0.15) is 17.3 Å². The molecule has 0 unspecified atom stereocenters. The van der Waals surface area contributed by atoms with Crippen molar-refractivity contribution in [3.05, 3.63) is 63.6 Å². The van der Waals surface area contributed by atoms with Crippen LogP contribution in [0.1, 0.15) is 32.5 Å². The van der Waals surface area contributed by atoms with Gasteiger partial charge in [-0.15, -0.1) is 17.8 Å². The van der Waals surface area contributed by atoms with Gasteiger partial charge in [-0.05, 0) is 35.4 Å². The minimum absolute atomic E-state index is 0.0359. The minimum Gasteiger partial charge on any atom is -0.493 e. The number of nitrogens with one attached hydrogen (secondary N) is 1. The van der Waals surface area contributed by atoms with Crippen LogP contribution in [0.5, 0.6) is 11.5 Å². The average Bonchev–Trinajstić information content (AvgIpc) is 3.16. The third-order valence-corrected chi connectivity index (χ3v) is 6.41. The highest BCUT2D eigenvalue weighted by molar-refractivity contribution is 7.15. The van der Waals surface area contributed by atoms with Crippen molar-refractivity contribution in [1.29, 1.82) is 0 Å². The van der Waals surface area contributed by atoms with Crippen LogP contribution in [-0.2, 0) is 4.79 Å². The zero-order valence-corrected chi connectivity index (χ0v) is 17.8. The monoisotopic (exact) mass is 451 g/mol. The second kappa shape index (κ2) is 8.73. The number of amides is 1. The third-order valence-electron chi connectivity index (χ3n) is 5.11. The van der Waals surface area contributed by atoms with Gasteiger partial charge in [0.05, 0.1) is 12.8 Å². The van der Waals surface area contributed by atoms with Crippen LogP contribution in [0.3, 0.4) is 0 Å². The number of anilines is 1. The molecule has 2 heterocycles. The second-order valence-corrected chi connectivity index (χ2v) is 8.12. The lowest BCUT2D eigenvalue weighted by atomic mass is 9.88. The maximum Gasteiger partial charge on any atom is 0.346 e. The number of carbonyl (C=O) groups is 2. The van der Waals surface area contributed by atoms with Crippen LogP contribution >= 0.6 is 11.3 Å². The van der Waals surface area contributed by atoms with E-state index in [1.54, 1.807) is 24.3 Å². The van der Waals surface area contributed by atoms with E-state index in [0.29, 0.717) is 33.2 Å². The molecule has 1 atom stereocenters. The number of carboxylic acids is 1. The third kappa shape index (κ3) is 3.90. The molecular formula is C24H18FNO5S. The Labute approximate surface area is 187 Å². The Balaban J connectivity index is 1.86. The van der Waals surface area contributed by atoms with E-state index in [1.807, 2.05) is 0 Å². The fourth-order valence-electron chi connectivity index (χ4n) is 3.77. The highest BCUT2D eigenvalue weighted by Crippen LogP contribution is 2.50. The highest BCUT2D eigenvalue weighted by Gasteiger charge is 2.35. The molecule has 1 aliphatic heterocycles. The summed E-state index contributed by atoms with van der Waals surface area (Å²) >= 11 is 1.07. The standard InChI is InChI=1S/C24H18FNO5S/c1-3-9-31-17-8-7-13(11-18(17)30-2)16-12-19(27)26-21-20(14-5-4-6-15(25)10-14)23(24(28)29)32-22(16)21/h1,4-8,10-11,16H,9,12H2,2H3,(H,26,27)(H,28,29)/t16-/m1/s1. The summed E-state index contributed by atoms with van der Waals surface area (Å²) in [5.74, 6) is 1.000. The Morgan fingerprint density at radius 2 is 2.12 bits per heavy atom. The smallest absolute Gasteiger partial charge is 0.346 e. The molecule has 0 aliphatic carbocycles. The predicted molar refractivity (Wildman–Crippen MR) is 119 cm³/mol. The summed E-state index contributed by atoms with van der Waals surface area (Å²) in [4.78, 5) is 25.3. The molecule has 1 aromatic heterocycles. The molecule has 32 heavy (non-hydrogen) atoms. The van der Waals surface area contributed by atoms with Crippen LogP contribution in [-0.4, -0.2) is 30.7 Å². The lowest BCUT2D eigenvalue weighted by Crippen LogP contribution is -2.22. The molecule has 0 saturated carbocycles. The SMILES string of the molecule is C#CCOc1ccc([C@H]2CC(=O)Nc3c2sc(C(=O)O)c3-c2cccc(F)c2)cc1OC. The van der Waals surface area contributed by atoms with Crippen molar-refractivity contribution in [2.24, 2.45) is 0 Å². The number of carbonyl (C=O) groups excluding carboxylic acids is 1. The summed E-state index contributed by atoms with van der Waals surface area (Å²) in [5, 5.41) is 12.6. The maximum absolute atomic E-state index is 13.9. The van der Waals surface area contributed by atoms with Crippen LogP contribution in [0, 0.1) is 18.2 Å². The molecular weight excluding hydrogens is 433 g/mol. The molecule has 4 rings (SSSR count). The molecule has 1 aliphatic rings. The Morgan fingerprint density at radius 1 is 1.31 bits per heavy atom. The summed E-state index contributed by atoms with van der Waals surface area (Å²) in [6.07, 6.45) is 5.38. The van der Waals surface area contributed by atoms with Crippen LogP contribution in [0.15, 0.2) is 42.5 Å². The second-order valence-electron chi connectivity index (χ2n) is 7.07. The van der Waals surface area contributed by atoms with E-state index in [-0.39, 0.29) is 23.8 Å². The van der Waals surface area contributed by atoms with Crippen LogP contribution in [0.4, 0.5) is 10.1 Å². The molecule has 3 aromatic rings. The molecule has 1 amide bonds. The molecule has 8 heteroatoms. The lowest BCUT2D eigenvalue weighted by molar-refractivity contribution is -0.116. The van der Waals surface area contributed by atoms with Crippen molar-refractivity contribution in [2.75, 3.05) is 19.0 Å². The van der Waals surface area contributed by atoms with Crippen LogP contribution in [0.2, 0.25) is 0 Å². The quantitative estimate of drug-likeness (QED) is 0.529. The zero-order chi connectivity index (χ0) is 22.8. The summed E-state index contributed by atoms with van der Waals surface area (Å²) < 4.78 is 24.8. The van der Waals surface area contributed by atoms with E-state index in [9.17, 15) is 19.1 Å². The summed E-state index contributed by atoms with van der Waals surface area (Å²) in [6.45, 7) is 0.0789. The van der Waals surface area contributed by atoms with Crippen molar-refractivity contribution in [3.63, 3.8) is 0 Å². The van der Waals surface area contributed by atoms with Crippen molar-refractivity contribution in [3.8, 4) is 35.0 Å². The number of benzene rings is 2. The van der Waals surface area contributed by atoms with Gasteiger partial charge >= 0.3 is 5.97 Å². The zero-order valence-electron chi connectivity index (χ0n) is 17.0. The Hall–Kier alpha value is -3.83. The molecule has 0 spiro atoms. The van der Waals surface area contributed by atoms with E-state index in [2.05, 4.69) is 11.2 Å². The number of carboxylic acid groups (broad SMARTS) is 1. The van der Waals surface area contributed by atoms with Crippen molar-refractivity contribution >= 4 is 28.9 Å². The Morgan fingerprint density at radius 3 is 2.81 bits per heavy atom. The number of fused-ring (bicyclic) bond motifs is 1. The van der Waals surface area contributed by atoms with E-state index in [0.717, 1.165) is 16.9 Å². The molecule has 6 nitrogen and oxygen atoms in total. The van der Waals surface area contributed by atoms with E-state index >= 15 is 0 Å². The van der Waals surface area contributed by atoms with Gasteiger partial charge < -0.3 is 19.9 Å². The average molecular weight is 451 g/mol. The summed E-state index contributed by atoms with van der Waals surface area (Å²) in [5.41, 5.74) is 1.84. The number of rotatable bonds is 6. The van der Waals surface area contributed by atoms with Gasteiger partial charge in [0.2, 0.25) is 5.91 Å². The van der Waals surface area contributed by atoms with E-state index in [1.165, 1.54) is 25.3 Å². The van der Waals surface area contributed by atoms with Crippen molar-refractivity contribution < 1.29 is 28.6 Å². The molecule has 0 radical (unpaired) electrons. The molecule has 2 N–H and O–H groups in total. The first-order valence-electron chi connectivity index (χ1n) is 9.63. The first-order chi connectivity index (χ1) is 15.4. The van der Waals surface area contributed by atoms with Gasteiger partial charge in [0.25, 0.3) is 0 Å². The topological polar surface area (TPSA) is 84.9 Å². The predicted octanol–water partition coefficient (Wildman–Crippen LogP) is 4.75. The Bertz CT molecular complexity index is 1260. The fraction of sp³-hybridized carbons (Fsp3) is 0.167. The highest BCUT2D eigenvalue weighted by atomic mass is 32.1. The largest absolute Gasteiger partial charge is 0.493 e. The maximum atomic E-state index is 13.9. The number of hydrogen-bond acceptors (Lipinski definition) is 5. The van der Waals surface area contributed by atoms with E-state index in [4.69, 9.17) is 15.9 Å². The van der Waals surface area contributed by atoms with Gasteiger partial charge in [-0.3, -0.25) is 4.79 Å². The van der Waals surface area contributed by atoms with Crippen molar-refractivity contribution in [2.45, 2.75) is 12.3 Å². The number of aromatic carboxylic acids is 1. The van der Waals surface area contributed by atoms with Gasteiger partial charge in [-0.25, -0.2) is 9.18 Å². The Kier molecular flexibility index (Phi) is 5.84. The molecule has 0 fully saturated rings. The van der Waals surface area contributed by atoms with Gasteiger partial charge in [-0.2, -0.15) is 0 Å². The summed E-state index contributed by atoms with van der Waals surface area (Å²) in [7, 11) is 1.50. The number of thiophene rings is 1. The number of ether oxygens (including phenoxy) is 2. The molecule has 0 bridgehead atoms. The summed E-state index contributed by atoms with van der Waals surface area (Å²) in [6, 6.07) is 10.9. The first kappa shape index (κ1) is 21.4. The first-order valence-corrected chi connectivity index (χ1v) is 10.4. The fourth-order valence-corrected chi connectivity index (χ4v) is 5.01. The van der Waals surface area contributed by atoms with E-state index < -0.39 is 17.7 Å². The molecule has 0 saturated heterocycles. The number of terminal acetylenes is 1. The molecule has 2 aromatic carbocycles. The van der Waals surface area contributed by atoms with Crippen LogP contribution < -0.4 is 14.8 Å². The van der Waals surface area contributed by atoms with Gasteiger partial charge in [0, 0.05) is 22.8 Å². The normalized spacial score (nSPS) is 14.8. The van der Waals surface area contributed by atoms with Crippen molar-refractivity contribution in [1.82, 2.24) is 0 Å². The van der Waals surface area contributed by atoms with Gasteiger partial charge in [0.15, 0.2) is 11.5 Å². The number of methoxy groups -OCH3 is 1. The molecule has 162 valence electrons. The lowest BCUT2D eigenvalue weighted by Gasteiger charge is -2.24. The number of halogens is 1.